The Kier molecular flexibility index (Phi) is 6.96. The quantitative estimate of drug-likeness (QED) is 0.691. The number of hydrogen-bond acceptors (Lipinski definition) is 7. The van der Waals surface area contributed by atoms with Crippen molar-refractivity contribution in [3.05, 3.63) is 51.8 Å². The number of benzene rings is 1. The van der Waals surface area contributed by atoms with Crippen LogP contribution in [0.5, 0.6) is 5.75 Å². The summed E-state index contributed by atoms with van der Waals surface area (Å²) in [6.07, 6.45) is 0. The van der Waals surface area contributed by atoms with E-state index in [0.717, 1.165) is 11.3 Å². The maximum Gasteiger partial charge on any atom is 0.254 e. The van der Waals surface area contributed by atoms with Crippen LogP contribution in [-0.2, 0) is 4.79 Å². The maximum absolute atomic E-state index is 13.5. The summed E-state index contributed by atoms with van der Waals surface area (Å²) in [4.78, 5) is 22.1. The topological polar surface area (TPSA) is 95.0 Å². The first-order valence-electron chi connectivity index (χ1n) is 10.5. The number of aliphatic imine (C=N–C) groups is 1. The number of likely N-dealkylation sites (N-methyl/N-ethyl adjacent to an activating group) is 1. The van der Waals surface area contributed by atoms with Crippen molar-refractivity contribution in [3.8, 4) is 11.8 Å². The molecule has 2 aliphatic heterocycles. The van der Waals surface area contributed by atoms with Crippen molar-refractivity contribution in [2.75, 3.05) is 19.7 Å². The Morgan fingerprint density at radius 1 is 1.32 bits per heavy atom. The SMILES string of the molecule is CCN(CC)C(=O)C1=C(C)N=C2SC(C#N)=C(N)N2[C@H]1c1ccc(OCC(C)C)cc1. The summed E-state index contributed by atoms with van der Waals surface area (Å²) in [5, 5.41) is 10.1. The lowest BCUT2D eigenvalue weighted by molar-refractivity contribution is -0.127. The van der Waals surface area contributed by atoms with Gasteiger partial charge in [0.2, 0.25) is 0 Å². The predicted octanol–water partition coefficient (Wildman–Crippen LogP) is 3.97. The molecule has 0 aliphatic carbocycles. The van der Waals surface area contributed by atoms with E-state index >= 15 is 0 Å². The van der Waals surface area contributed by atoms with Gasteiger partial charge in [0.25, 0.3) is 5.91 Å². The second-order valence-corrected chi connectivity index (χ2v) is 8.82. The molecule has 0 fully saturated rings. The molecule has 0 unspecified atom stereocenters. The van der Waals surface area contributed by atoms with E-state index in [4.69, 9.17) is 10.5 Å². The first-order valence-corrected chi connectivity index (χ1v) is 11.3. The molecule has 3 rings (SSSR count). The number of thioether (sulfide) groups is 1. The number of carbonyl (C=O) groups excluding carboxylic acids is 1. The molecule has 0 spiro atoms. The van der Waals surface area contributed by atoms with Gasteiger partial charge in [0, 0.05) is 13.1 Å². The van der Waals surface area contributed by atoms with E-state index in [1.807, 2.05) is 45.0 Å². The van der Waals surface area contributed by atoms with Crippen molar-refractivity contribution in [3.63, 3.8) is 0 Å². The molecule has 8 heteroatoms. The second kappa shape index (κ2) is 9.48. The zero-order valence-corrected chi connectivity index (χ0v) is 19.5. The minimum atomic E-state index is -0.460. The molecule has 7 nitrogen and oxygen atoms in total. The fourth-order valence-electron chi connectivity index (χ4n) is 3.62. The van der Waals surface area contributed by atoms with Crippen molar-refractivity contribution in [1.29, 1.82) is 5.26 Å². The van der Waals surface area contributed by atoms with Crippen LogP contribution in [0.2, 0.25) is 0 Å². The highest BCUT2D eigenvalue weighted by Gasteiger charge is 2.42. The van der Waals surface area contributed by atoms with Crippen LogP contribution in [0.4, 0.5) is 0 Å². The van der Waals surface area contributed by atoms with Gasteiger partial charge < -0.3 is 15.4 Å². The second-order valence-electron chi connectivity index (χ2n) is 7.85. The first-order chi connectivity index (χ1) is 14.8. The third-order valence-electron chi connectivity index (χ3n) is 5.24. The van der Waals surface area contributed by atoms with Gasteiger partial charge in [-0.05, 0) is 56.1 Å². The molecule has 164 valence electrons. The zero-order chi connectivity index (χ0) is 22.7. The Bertz CT molecular complexity index is 984. The standard InChI is InChI=1S/C23H29N5O2S/c1-6-27(7-2)22(29)19-15(5)26-23-28(21(25)18(12-24)31-23)20(19)16-8-10-17(11-9-16)30-13-14(3)4/h8-11,14,20H,6-7,13,25H2,1-5H3/t20-/m0/s1. The highest BCUT2D eigenvalue weighted by Crippen LogP contribution is 2.45. The highest BCUT2D eigenvalue weighted by atomic mass is 32.2. The van der Waals surface area contributed by atoms with Crippen LogP contribution >= 0.6 is 11.8 Å². The predicted molar refractivity (Wildman–Crippen MR) is 124 cm³/mol. The molecule has 0 bridgehead atoms. The number of hydrogen-bond donors (Lipinski definition) is 1. The van der Waals surface area contributed by atoms with Crippen LogP contribution in [0.1, 0.15) is 46.2 Å². The average molecular weight is 440 g/mol. The van der Waals surface area contributed by atoms with Crippen LogP contribution in [0.3, 0.4) is 0 Å². The van der Waals surface area contributed by atoms with Gasteiger partial charge >= 0.3 is 0 Å². The number of allylic oxidation sites excluding steroid dienone is 2. The summed E-state index contributed by atoms with van der Waals surface area (Å²) < 4.78 is 5.81. The number of rotatable bonds is 7. The number of ether oxygens (including phenoxy) is 1. The Morgan fingerprint density at radius 2 is 1.97 bits per heavy atom. The molecule has 0 radical (unpaired) electrons. The lowest BCUT2D eigenvalue weighted by Crippen LogP contribution is -2.42. The van der Waals surface area contributed by atoms with Crippen molar-refractivity contribution < 1.29 is 9.53 Å². The molecule has 0 aromatic heterocycles. The fourth-order valence-corrected chi connectivity index (χ4v) is 4.54. The summed E-state index contributed by atoms with van der Waals surface area (Å²) in [6.45, 7) is 11.8. The van der Waals surface area contributed by atoms with E-state index in [2.05, 4.69) is 24.9 Å². The number of nitrogens with two attached hydrogens (primary N) is 1. The molecule has 2 N–H and O–H groups in total. The van der Waals surface area contributed by atoms with Crippen LogP contribution < -0.4 is 10.5 Å². The molecule has 1 aromatic rings. The summed E-state index contributed by atoms with van der Waals surface area (Å²) in [5.74, 6) is 1.46. The smallest absolute Gasteiger partial charge is 0.254 e. The Labute approximate surface area is 188 Å². The summed E-state index contributed by atoms with van der Waals surface area (Å²) in [7, 11) is 0. The van der Waals surface area contributed by atoms with Gasteiger partial charge in [0.1, 0.15) is 22.5 Å². The number of fused-ring (bicyclic) bond motifs is 1. The van der Waals surface area contributed by atoms with Gasteiger partial charge in [-0.2, -0.15) is 5.26 Å². The van der Waals surface area contributed by atoms with E-state index in [0.29, 0.717) is 52.8 Å². The third kappa shape index (κ3) is 4.42. The molecule has 0 saturated carbocycles. The highest BCUT2D eigenvalue weighted by molar-refractivity contribution is 8.17. The average Bonchev–Trinajstić information content (AvgIpc) is 3.07. The number of nitrogens with zero attached hydrogens (tertiary/aromatic N) is 4. The summed E-state index contributed by atoms with van der Waals surface area (Å²) >= 11 is 1.24. The Morgan fingerprint density at radius 3 is 2.52 bits per heavy atom. The zero-order valence-electron chi connectivity index (χ0n) is 18.7. The largest absolute Gasteiger partial charge is 0.493 e. The van der Waals surface area contributed by atoms with Crippen LogP contribution in [0.25, 0.3) is 0 Å². The van der Waals surface area contributed by atoms with E-state index < -0.39 is 6.04 Å². The summed E-state index contributed by atoms with van der Waals surface area (Å²) in [6, 6.07) is 9.41. The van der Waals surface area contributed by atoms with E-state index in [9.17, 15) is 10.1 Å². The van der Waals surface area contributed by atoms with E-state index in [1.165, 1.54) is 11.8 Å². The van der Waals surface area contributed by atoms with Crippen molar-refractivity contribution in [1.82, 2.24) is 9.80 Å². The Hall–Kier alpha value is -2.92. The number of amidine groups is 1. The first kappa shape index (κ1) is 22.8. The number of nitriles is 1. The van der Waals surface area contributed by atoms with Gasteiger partial charge in [-0.3, -0.25) is 9.69 Å². The van der Waals surface area contributed by atoms with E-state index in [-0.39, 0.29) is 5.91 Å². The van der Waals surface area contributed by atoms with Gasteiger partial charge in [-0.15, -0.1) is 0 Å². The van der Waals surface area contributed by atoms with Crippen molar-refractivity contribution >= 4 is 22.8 Å². The summed E-state index contributed by atoms with van der Waals surface area (Å²) in [5.41, 5.74) is 8.45. The third-order valence-corrected chi connectivity index (χ3v) is 6.21. The number of carbonyl (C=O) groups is 1. The molecule has 1 amide bonds. The molecule has 2 aliphatic rings. The number of amides is 1. The molecule has 1 atom stereocenters. The minimum Gasteiger partial charge on any atom is -0.493 e. The normalized spacial score (nSPS) is 18.2. The molecular formula is C23H29N5O2S. The van der Waals surface area contributed by atoms with Gasteiger partial charge in [-0.1, -0.05) is 26.0 Å². The lowest BCUT2D eigenvalue weighted by atomic mass is 9.93. The van der Waals surface area contributed by atoms with Gasteiger partial charge in [0.15, 0.2) is 5.17 Å². The van der Waals surface area contributed by atoms with Crippen molar-refractivity contribution in [2.24, 2.45) is 16.6 Å². The molecule has 2 heterocycles. The fraction of sp³-hybridized carbons (Fsp3) is 0.435. The van der Waals surface area contributed by atoms with Crippen LogP contribution in [0.15, 0.2) is 51.3 Å². The molecular weight excluding hydrogens is 410 g/mol. The maximum atomic E-state index is 13.5. The lowest BCUT2D eigenvalue weighted by Gasteiger charge is -2.36. The van der Waals surface area contributed by atoms with Crippen molar-refractivity contribution in [2.45, 2.75) is 40.7 Å². The molecule has 1 aromatic carbocycles. The van der Waals surface area contributed by atoms with Gasteiger partial charge in [0.05, 0.1) is 23.9 Å². The Balaban J connectivity index is 2.07. The van der Waals surface area contributed by atoms with E-state index in [1.54, 1.807) is 9.80 Å². The van der Waals surface area contributed by atoms with Crippen LogP contribution in [-0.4, -0.2) is 40.6 Å². The van der Waals surface area contributed by atoms with Gasteiger partial charge in [-0.25, -0.2) is 4.99 Å². The molecule has 0 saturated heterocycles. The monoisotopic (exact) mass is 439 g/mol. The minimum absolute atomic E-state index is 0.0707. The molecule has 31 heavy (non-hydrogen) atoms. The van der Waals surface area contributed by atoms with Crippen LogP contribution in [0, 0.1) is 17.2 Å².